The number of H-pyrrole nitrogens is 1. The minimum atomic E-state index is -0.445. The SMILES string of the molecule is Cc1csc(-c2c[nH]c(=O)nc2N)n1. The van der Waals surface area contributed by atoms with Gasteiger partial charge in [0.2, 0.25) is 0 Å². The normalized spacial score (nSPS) is 10.4. The predicted molar refractivity (Wildman–Crippen MR) is 55.1 cm³/mol. The molecule has 5 nitrogen and oxygen atoms in total. The highest BCUT2D eigenvalue weighted by Gasteiger charge is 2.07. The fourth-order valence-corrected chi connectivity index (χ4v) is 1.88. The zero-order valence-corrected chi connectivity index (χ0v) is 8.26. The second kappa shape index (κ2) is 3.22. The number of nitrogens with zero attached hydrogens (tertiary/aromatic N) is 2. The number of nitrogen functional groups attached to an aromatic ring is 1. The summed E-state index contributed by atoms with van der Waals surface area (Å²) < 4.78 is 0. The van der Waals surface area contributed by atoms with Gasteiger partial charge in [0, 0.05) is 17.3 Å². The maximum Gasteiger partial charge on any atom is 0.346 e. The van der Waals surface area contributed by atoms with Gasteiger partial charge in [-0.15, -0.1) is 11.3 Å². The van der Waals surface area contributed by atoms with Gasteiger partial charge in [0.1, 0.15) is 10.8 Å². The number of thiazole rings is 1. The van der Waals surface area contributed by atoms with Crippen LogP contribution in [-0.2, 0) is 0 Å². The van der Waals surface area contributed by atoms with E-state index in [1.54, 1.807) is 0 Å². The molecule has 0 unspecified atom stereocenters. The molecule has 2 heterocycles. The standard InChI is InChI=1S/C8H8N4OS/c1-4-3-14-7(11-4)5-2-10-8(13)12-6(5)9/h2-3H,1H3,(H3,9,10,12,13). The Morgan fingerprint density at radius 2 is 2.29 bits per heavy atom. The highest BCUT2D eigenvalue weighted by atomic mass is 32.1. The van der Waals surface area contributed by atoms with Crippen molar-refractivity contribution in [2.75, 3.05) is 5.73 Å². The smallest absolute Gasteiger partial charge is 0.346 e. The van der Waals surface area contributed by atoms with Crippen LogP contribution in [0.1, 0.15) is 5.69 Å². The molecular weight excluding hydrogens is 200 g/mol. The zero-order valence-electron chi connectivity index (χ0n) is 7.44. The Bertz CT molecular complexity index is 516. The Morgan fingerprint density at radius 1 is 1.50 bits per heavy atom. The first-order valence-electron chi connectivity index (χ1n) is 3.94. The molecule has 0 aliphatic carbocycles. The summed E-state index contributed by atoms with van der Waals surface area (Å²) in [4.78, 5) is 21.1. The number of hydrogen-bond acceptors (Lipinski definition) is 5. The molecule has 3 N–H and O–H groups in total. The second-order valence-corrected chi connectivity index (χ2v) is 3.66. The Hall–Kier alpha value is -1.69. The van der Waals surface area contributed by atoms with E-state index in [4.69, 9.17) is 5.73 Å². The van der Waals surface area contributed by atoms with E-state index in [9.17, 15) is 4.79 Å². The van der Waals surface area contributed by atoms with E-state index in [0.717, 1.165) is 10.7 Å². The first-order chi connectivity index (χ1) is 6.66. The average Bonchev–Trinajstić information content (AvgIpc) is 2.51. The number of nitrogens with two attached hydrogens (primary N) is 1. The quantitative estimate of drug-likeness (QED) is 0.725. The molecule has 0 radical (unpaired) electrons. The van der Waals surface area contributed by atoms with Crippen molar-refractivity contribution in [3.05, 3.63) is 27.8 Å². The van der Waals surface area contributed by atoms with Crippen LogP contribution < -0.4 is 11.4 Å². The molecular formula is C8H8N4OS. The van der Waals surface area contributed by atoms with Crippen molar-refractivity contribution in [2.24, 2.45) is 0 Å². The van der Waals surface area contributed by atoms with Gasteiger partial charge in [-0.2, -0.15) is 4.98 Å². The lowest BCUT2D eigenvalue weighted by atomic mass is 10.3. The van der Waals surface area contributed by atoms with Gasteiger partial charge < -0.3 is 10.7 Å². The third-order valence-corrected chi connectivity index (χ3v) is 2.68. The Kier molecular flexibility index (Phi) is 2.05. The molecule has 0 spiro atoms. The third kappa shape index (κ3) is 1.51. The van der Waals surface area contributed by atoms with Gasteiger partial charge >= 0.3 is 5.69 Å². The summed E-state index contributed by atoms with van der Waals surface area (Å²) in [6, 6.07) is 0. The molecule has 0 atom stereocenters. The van der Waals surface area contributed by atoms with Crippen LogP contribution in [0.5, 0.6) is 0 Å². The molecule has 6 heteroatoms. The van der Waals surface area contributed by atoms with Gasteiger partial charge in [0.15, 0.2) is 0 Å². The number of aromatic nitrogens is 3. The number of anilines is 1. The van der Waals surface area contributed by atoms with Gasteiger partial charge in [-0.3, -0.25) is 0 Å². The van der Waals surface area contributed by atoms with E-state index in [1.165, 1.54) is 17.5 Å². The zero-order chi connectivity index (χ0) is 10.1. The molecule has 2 aromatic rings. The minimum Gasteiger partial charge on any atom is -0.383 e. The van der Waals surface area contributed by atoms with E-state index in [2.05, 4.69) is 15.0 Å². The van der Waals surface area contributed by atoms with Crippen LogP contribution in [0, 0.1) is 6.92 Å². The number of aryl methyl sites for hydroxylation is 1. The van der Waals surface area contributed by atoms with Crippen LogP contribution in [0.2, 0.25) is 0 Å². The average molecular weight is 208 g/mol. The lowest BCUT2D eigenvalue weighted by Gasteiger charge is -1.98. The molecule has 2 rings (SSSR count). The third-order valence-electron chi connectivity index (χ3n) is 1.69. The van der Waals surface area contributed by atoms with Crippen molar-refractivity contribution in [2.45, 2.75) is 6.92 Å². The van der Waals surface area contributed by atoms with E-state index >= 15 is 0 Å². The lowest BCUT2D eigenvalue weighted by molar-refractivity contribution is 1.08. The molecule has 0 saturated heterocycles. The summed E-state index contributed by atoms with van der Waals surface area (Å²) >= 11 is 1.47. The summed E-state index contributed by atoms with van der Waals surface area (Å²) in [7, 11) is 0. The molecule has 0 saturated carbocycles. The van der Waals surface area contributed by atoms with Gasteiger partial charge in [0.05, 0.1) is 5.56 Å². The summed E-state index contributed by atoms with van der Waals surface area (Å²) in [5.41, 5.74) is 6.75. The van der Waals surface area contributed by atoms with Crippen LogP contribution in [0.15, 0.2) is 16.4 Å². The monoisotopic (exact) mass is 208 g/mol. The predicted octanol–water partition coefficient (Wildman–Crippen LogP) is 0.784. The Labute approximate surface area is 83.7 Å². The van der Waals surface area contributed by atoms with E-state index in [0.29, 0.717) is 5.56 Å². The summed E-state index contributed by atoms with van der Waals surface area (Å²) in [6.45, 7) is 1.90. The van der Waals surface area contributed by atoms with Crippen LogP contribution in [0.3, 0.4) is 0 Å². The lowest BCUT2D eigenvalue weighted by Crippen LogP contribution is -2.12. The molecule has 0 amide bonds. The van der Waals surface area contributed by atoms with E-state index in [-0.39, 0.29) is 5.82 Å². The molecule has 0 fully saturated rings. The number of rotatable bonds is 1. The molecule has 0 aliphatic heterocycles. The maximum absolute atomic E-state index is 10.8. The highest BCUT2D eigenvalue weighted by Crippen LogP contribution is 2.25. The van der Waals surface area contributed by atoms with Gasteiger partial charge in [-0.1, -0.05) is 0 Å². The van der Waals surface area contributed by atoms with Crippen molar-refractivity contribution >= 4 is 17.2 Å². The molecule has 0 aliphatic rings. The largest absolute Gasteiger partial charge is 0.383 e. The van der Waals surface area contributed by atoms with Crippen LogP contribution >= 0.6 is 11.3 Å². The highest BCUT2D eigenvalue weighted by molar-refractivity contribution is 7.13. The van der Waals surface area contributed by atoms with E-state index < -0.39 is 5.69 Å². The fraction of sp³-hybridized carbons (Fsp3) is 0.125. The van der Waals surface area contributed by atoms with Crippen molar-refractivity contribution < 1.29 is 0 Å². The van der Waals surface area contributed by atoms with Crippen LogP contribution in [0.4, 0.5) is 5.82 Å². The van der Waals surface area contributed by atoms with Crippen molar-refractivity contribution in [3.8, 4) is 10.6 Å². The molecule has 72 valence electrons. The second-order valence-electron chi connectivity index (χ2n) is 2.80. The van der Waals surface area contributed by atoms with Crippen LogP contribution in [-0.4, -0.2) is 15.0 Å². The van der Waals surface area contributed by atoms with Gasteiger partial charge in [0.25, 0.3) is 0 Å². The number of hydrogen-bond donors (Lipinski definition) is 2. The summed E-state index contributed by atoms with van der Waals surface area (Å²) in [5, 5.41) is 2.68. The van der Waals surface area contributed by atoms with Crippen molar-refractivity contribution in [3.63, 3.8) is 0 Å². The molecule has 2 aromatic heterocycles. The summed E-state index contributed by atoms with van der Waals surface area (Å²) in [6.07, 6.45) is 1.53. The fourth-order valence-electron chi connectivity index (χ4n) is 1.06. The topological polar surface area (TPSA) is 84.7 Å². The van der Waals surface area contributed by atoms with Crippen LogP contribution in [0.25, 0.3) is 10.6 Å². The van der Waals surface area contributed by atoms with Crippen molar-refractivity contribution in [1.82, 2.24) is 15.0 Å². The molecule has 0 bridgehead atoms. The van der Waals surface area contributed by atoms with E-state index in [1.807, 2.05) is 12.3 Å². The van der Waals surface area contributed by atoms with Gasteiger partial charge in [-0.25, -0.2) is 9.78 Å². The molecule has 0 aromatic carbocycles. The summed E-state index contributed by atoms with van der Waals surface area (Å²) in [5.74, 6) is 0.211. The van der Waals surface area contributed by atoms with Gasteiger partial charge in [-0.05, 0) is 6.92 Å². The Balaban J connectivity index is 2.57. The van der Waals surface area contributed by atoms with Crippen molar-refractivity contribution in [1.29, 1.82) is 0 Å². The molecule has 14 heavy (non-hydrogen) atoms. The first kappa shape index (κ1) is 8.89. The Morgan fingerprint density at radius 3 is 2.86 bits per heavy atom. The minimum absolute atomic E-state index is 0.211. The first-order valence-corrected chi connectivity index (χ1v) is 4.82. The number of nitrogens with one attached hydrogen (secondary N) is 1. The maximum atomic E-state index is 10.8. The number of aromatic amines is 1.